The molecule has 15 heavy (non-hydrogen) atoms. The maximum Gasteiger partial charge on any atom is 0.142 e. The number of nitrogen functional groups attached to an aromatic ring is 1. The van der Waals surface area contributed by atoms with Crippen molar-refractivity contribution in [2.24, 2.45) is 0 Å². The van der Waals surface area contributed by atoms with Crippen LogP contribution in [0.25, 0.3) is 11.3 Å². The first kappa shape index (κ1) is 9.52. The molecule has 76 valence electrons. The number of nitrogens with zero attached hydrogens (tertiary/aromatic N) is 1. The lowest BCUT2D eigenvalue weighted by molar-refractivity contribution is 0.417. The lowest BCUT2D eigenvalue weighted by Crippen LogP contribution is -1.92. The molecule has 0 unspecified atom stereocenters. The quantitative estimate of drug-likeness (QED) is 0.757. The fourth-order valence-electron chi connectivity index (χ4n) is 1.40. The SMILES string of the molecule is COc1cc(-c2ccccn2)ccc1N. The van der Waals surface area contributed by atoms with Crippen LogP contribution in [0.15, 0.2) is 42.6 Å². The van der Waals surface area contributed by atoms with E-state index in [0.717, 1.165) is 11.3 Å². The van der Waals surface area contributed by atoms with E-state index in [0.29, 0.717) is 11.4 Å². The van der Waals surface area contributed by atoms with E-state index in [1.807, 2.05) is 36.4 Å². The Morgan fingerprint density at radius 2 is 2.07 bits per heavy atom. The highest BCUT2D eigenvalue weighted by molar-refractivity contribution is 5.67. The summed E-state index contributed by atoms with van der Waals surface area (Å²) in [6, 6.07) is 11.4. The van der Waals surface area contributed by atoms with Crippen LogP contribution in [-0.4, -0.2) is 12.1 Å². The number of rotatable bonds is 2. The summed E-state index contributed by atoms with van der Waals surface area (Å²) >= 11 is 0. The minimum absolute atomic E-state index is 0.636. The van der Waals surface area contributed by atoms with Crippen molar-refractivity contribution in [3.05, 3.63) is 42.6 Å². The lowest BCUT2D eigenvalue weighted by atomic mass is 10.1. The van der Waals surface area contributed by atoms with Gasteiger partial charge in [-0.3, -0.25) is 4.98 Å². The van der Waals surface area contributed by atoms with E-state index in [-0.39, 0.29) is 0 Å². The lowest BCUT2D eigenvalue weighted by Gasteiger charge is -2.06. The van der Waals surface area contributed by atoms with E-state index in [9.17, 15) is 0 Å². The summed E-state index contributed by atoms with van der Waals surface area (Å²) in [6.45, 7) is 0. The molecule has 2 N–H and O–H groups in total. The molecule has 3 nitrogen and oxygen atoms in total. The zero-order chi connectivity index (χ0) is 10.7. The van der Waals surface area contributed by atoms with E-state index in [1.165, 1.54) is 0 Å². The Morgan fingerprint density at radius 1 is 1.20 bits per heavy atom. The highest BCUT2D eigenvalue weighted by atomic mass is 16.5. The Morgan fingerprint density at radius 3 is 2.73 bits per heavy atom. The highest BCUT2D eigenvalue weighted by Crippen LogP contribution is 2.27. The fraction of sp³-hybridized carbons (Fsp3) is 0.0833. The first-order valence-corrected chi connectivity index (χ1v) is 4.66. The van der Waals surface area contributed by atoms with Gasteiger partial charge in [-0.25, -0.2) is 0 Å². The van der Waals surface area contributed by atoms with Crippen LogP contribution in [-0.2, 0) is 0 Å². The molecule has 3 heteroatoms. The topological polar surface area (TPSA) is 48.1 Å². The fourth-order valence-corrected chi connectivity index (χ4v) is 1.40. The average molecular weight is 200 g/mol. The van der Waals surface area contributed by atoms with Crippen molar-refractivity contribution in [3.63, 3.8) is 0 Å². The summed E-state index contributed by atoms with van der Waals surface area (Å²) in [6.07, 6.45) is 1.76. The van der Waals surface area contributed by atoms with Gasteiger partial charge in [0.25, 0.3) is 0 Å². The summed E-state index contributed by atoms with van der Waals surface area (Å²) < 4.78 is 5.15. The van der Waals surface area contributed by atoms with Gasteiger partial charge in [0.1, 0.15) is 5.75 Å². The Bertz CT molecular complexity index is 454. The molecule has 0 aliphatic carbocycles. The van der Waals surface area contributed by atoms with Crippen LogP contribution in [0.3, 0.4) is 0 Å². The Balaban J connectivity index is 2.46. The normalized spacial score (nSPS) is 9.93. The van der Waals surface area contributed by atoms with E-state index in [1.54, 1.807) is 13.3 Å². The third-order valence-electron chi connectivity index (χ3n) is 2.19. The maximum atomic E-state index is 5.73. The number of ether oxygens (including phenoxy) is 1. The van der Waals surface area contributed by atoms with Gasteiger partial charge in [0.05, 0.1) is 18.5 Å². The minimum Gasteiger partial charge on any atom is -0.495 e. The van der Waals surface area contributed by atoms with Gasteiger partial charge in [-0.15, -0.1) is 0 Å². The predicted octanol–water partition coefficient (Wildman–Crippen LogP) is 2.34. The van der Waals surface area contributed by atoms with Gasteiger partial charge < -0.3 is 10.5 Å². The van der Waals surface area contributed by atoms with Crippen molar-refractivity contribution in [3.8, 4) is 17.0 Å². The molecule has 0 atom stereocenters. The monoisotopic (exact) mass is 200 g/mol. The van der Waals surface area contributed by atoms with Crippen LogP contribution >= 0.6 is 0 Å². The van der Waals surface area contributed by atoms with Crippen molar-refractivity contribution in [2.45, 2.75) is 0 Å². The van der Waals surface area contributed by atoms with Crippen molar-refractivity contribution in [1.82, 2.24) is 4.98 Å². The van der Waals surface area contributed by atoms with Gasteiger partial charge in [0.15, 0.2) is 0 Å². The molecular formula is C12H12N2O. The average Bonchev–Trinajstić information content (AvgIpc) is 2.31. The molecule has 0 fully saturated rings. The molecule has 0 saturated carbocycles. The van der Waals surface area contributed by atoms with E-state index >= 15 is 0 Å². The number of benzene rings is 1. The van der Waals surface area contributed by atoms with Crippen molar-refractivity contribution in [2.75, 3.05) is 12.8 Å². The van der Waals surface area contributed by atoms with Gasteiger partial charge in [0.2, 0.25) is 0 Å². The largest absolute Gasteiger partial charge is 0.495 e. The summed E-state index contributed by atoms with van der Waals surface area (Å²) in [4.78, 5) is 4.26. The third kappa shape index (κ3) is 1.91. The Kier molecular flexibility index (Phi) is 2.54. The first-order chi connectivity index (χ1) is 7.31. The zero-order valence-corrected chi connectivity index (χ0v) is 8.47. The number of pyridine rings is 1. The molecule has 0 radical (unpaired) electrons. The van der Waals surface area contributed by atoms with E-state index in [4.69, 9.17) is 10.5 Å². The second kappa shape index (κ2) is 4.00. The number of anilines is 1. The molecule has 0 aliphatic rings. The zero-order valence-electron chi connectivity index (χ0n) is 8.47. The van der Waals surface area contributed by atoms with Gasteiger partial charge in [0, 0.05) is 11.8 Å². The number of nitrogens with two attached hydrogens (primary N) is 1. The number of methoxy groups -OCH3 is 1. The van der Waals surface area contributed by atoms with Crippen molar-refractivity contribution >= 4 is 5.69 Å². The van der Waals surface area contributed by atoms with E-state index in [2.05, 4.69) is 4.98 Å². The molecule has 1 aromatic heterocycles. The highest BCUT2D eigenvalue weighted by Gasteiger charge is 2.03. The standard InChI is InChI=1S/C12H12N2O/c1-15-12-8-9(5-6-10(12)13)11-4-2-3-7-14-11/h2-8H,13H2,1H3. The molecule has 0 spiro atoms. The van der Waals surface area contributed by atoms with Crippen LogP contribution in [0.2, 0.25) is 0 Å². The summed E-state index contributed by atoms with van der Waals surface area (Å²) in [7, 11) is 1.61. The predicted molar refractivity (Wildman–Crippen MR) is 60.6 cm³/mol. The number of hydrogen-bond donors (Lipinski definition) is 1. The smallest absolute Gasteiger partial charge is 0.142 e. The second-order valence-corrected chi connectivity index (χ2v) is 3.17. The molecule has 0 amide bonds. The summed E-state index contributed by atoms with van der Waals surface area (Å²) in [5.41, 5.74) is 8.28. The van der Waals surface area contributed by atoms with Crippen LogP contribution < -0.4 is 10.5 Å². The molecule has 0 saturated heterocycles. The van der Waals surface area contributed by atoms with Crippen LogP contribution in [0, 0.1) is 0 Å². The van der Waals surface area contributed by atoms with E-state index < -0.39 is 0 Å². The van der Waals surface area contributed by atoms with Crippen molar-refractivity contribution < 1.29 is 4.74 Å². The van der Waals surface area contributed by atoms with Gasteiger partial charge in [-0.05, 0) is 24.3 Å². The number of hydrogen-bond acceptors (Lipinski definition) is 3. The van der Waals surface area contributed by atoms with Crippen LogP contribution in [0.1, 0.15) is 0 Å². The molecule has 0 aliphatic heterocycles. The van der Waals surface area contributed by atoms with Crippen LogP contribution in [0.5, 0.6) is 5.75 Å². The third-order valence-corrected chi connectivity index (χ3v) is 2.19. The van der Waals surface area contributed by atoms with Gasteiger partial charge >= 0.3 is 0 Å². The summed E-state index contributed by atoms with van der Waals surface area (Å²) in [5, 5.41) is 0. The first-order valence-electron chi connectivity index (χ1n) is 4.66. The number of aromatic nitrogens is 1. The minimum atomic E-state index is 0.636. The van der Waals surface area contributed by atoms with Crippen LogP contribution in [0.4, 0.5) is 5.69 Å². The molecule has 2 rings (SSSR count). The van der Waals surface area contributed by atoms with Gasteiger partial charge in [-0.2, -0.15) is 0 Å². The maximum absolute atomic E-state index is 5.73. The molecule has 1 heterocycles. The van der Waals surface area contributed by atoms with Gasteiger partial charge in [-0.1, -0.05) is 12.1 Å². The summed E-state index contributed by atoms with van der Waals surface area (Å²) in [5.74, 6) is 0.679. The Labute approximate surface area is 88.5 Å². The molecule has 2 aromatic rings. The molecular weight excluding hydrogens is 188 g/mol. The molecule has 0 bridgehead atoms. The molecule has 1 aromatic carbocycles. The van der Waals surface area contributed by atoms with Crippen molar-refractivity contribution in [1.29, 1.82) is 0 Å². The Hall–Kier alpha value is -2.03. The second-order valence-electron chi connectivity index (χ2n) is 3.17.